The SMILES string of the molecule is Cc1ccc(C(O)C2(C#N)CCC(C(C)C)CC2)cc1F. The Labute approximate surface area is 126 Å². The first-order chi connectivity index (χ1) is 9.89. The Morgan fingerprint density at radius 1 is 1.33 bits per heavy atom. The molecule has 0 heterocycles. The van der Waals surface area contributed by atoms with Gasteiger partial charge in [-0.3, -0.25) is 0 Å². The zero-order chi connectivity index (χ0) is 15.6. The zero-order valence-electron chi connectivity index (χ0n) is 13.1. The first-order valence-corrected chi connectivity index (χ1v) is 7.75. The molecule has 0 amide bonds. The van der Waals surface area contributed by atoms with Crippen LogP contribution in [0.3, 0.4) is 0 Å². The van der Waals surface area contributed by atoms with Crippen molar-refractivity contribution in [1.29, 1.82) is 5.26 Å². The van der Waals surface area contributed by atoms with Crippen LogP contribution in [0.25, 0.3) is 0 Å². The van der Waals surface area contributed by atoms with Gasteiger partial charge < -0.3 is 5.11 Å². The average Bonchev–Trinajstić information content (AvgIpc) is 2.49. The van der Waals surface area contributed by atoms with Crippen molar-refractivity contribution in [2.75, 3.05) is 0 Å². The molecule has 0 spiro atoms. The second-order valence-corrected chi connectivity index (χ2v) is 6.76. The number of nitrogens with zero attached hydrogens (tertiary/aromatic N) is 1. The van der Waals surface area contributed by atoms with Crippen molar-refractivity contribution in [1.82, 2.24) is 0 Å². The Hall–Kier alpha value is -1.40. The molecule has 0 radical (unpaired) electrons. The molecule has 0 bridgehead atoms. The quantitative estimate of drug-likeness (QED) is 0.888. The Balaban J connectivity index is 2.21. The van der Waals surface area contributed by atoms with Gasteiger partial charge in [-0.1, -0.05) is 26.0 Å². The van der Waals surface area contributed by atoms with Gasteiger partial charge in [-0.05, 0) is 61.6 Å². The predicted octanol–water partition coefficient (Wildman–Crippen LogP) is 4.52. The second-order valence-electron chi connectivity index (χ2n) is 6.76. The van der Waals surface area contributed by atoms with E-state index in [0.29, 0.717) is 35.8 Å². The number of rotatable bonds is 3. The Bertz CT molecular complexity index is 539. The summed E-state index contributed by atoms with van der Waals surface area (Å²) in [5.41, 5.74) is 0.302. The molecule has 1 N–H and O–H groups in total. The number of hydrogen-bond donors (Lipinski definition) is 1. The van der Waals surface area contributed by atoms with E-state index >= 15 is 0 Å². The molecule has 1 aromatic carbocycles. The number of aliphatic hydroxyl groups is 1. The minimum Gasteiger partial charge on any atom is -0.387 e. The van der Waals surface area contributed by atoms with Gasteiger partial charge in [-0.2, -0.15) is 5.26 Å². The molecule has 0 saturated heterocycles. The van der Waals surface area contributed by atoms with Crippen LogP contribution in [-0.4, -0.2) is 5.11 Å². The Morgan fingerprint density at radius 2 is 1.95 bits per heavy atom. The lowest BCUT2D eigenvalue weighted by atomic mass is 9.65. The molecule has 1 atom stereocenters. The molecule has 1 saturated carbocycles. The van der Waals surface area contributed by atoms with E-state index < -0.39 is 11.5 Å². The van der Waals surface area contributed by atoms with E-state index in [2.05, 4.69) is 19.9 Å². The molecule has 1 aromatic rings. The number of aliphatic hydroxyl groups excluding tert-OH is 1. The van der Waals surface area contributed by atoms with Gasteiger partial charge in [0.1, 0.15) is 5.82 Å². The monoisotopic (exact) mass is 289 g/mol. The van der Waals surface area contributed by atoms with E-state index in [1.165, 1.54) is 6.07 Å². The smallest absolute Gasteiger partial charge is 0.126 e. The van der Waals surface area contributed by atoms with Crippen LogP contribution in [0, 0.1) is 41.3 Å². The third-order valence-electron chi connectivity index (χ3n) is 5.12. The van der Waals surface area contributed by atoms with Crippen LogP contribution < -0.4 is 0 Å². The molecular formula is C18H24FNO. The van der Waals surface area contributed by atoms with Crippen LogP contribution in [0.1, 0.15) is 56.8 Å². The standard InChI is InChI=1S/C18H24FNO/c1-12(2)14-6-8-18(11-20,9-7-14)17(21)15-5-4-13(3)16(19)10-15/h4-5,10,12,14,17,21H,6-9H2,1-3H3. The Morgan fingerprint density at radius 3 is 2.43 bits per heavy atom. The Kier molecular flexibility index (Phi) is 4.68. The topological polar surface area (TPSA) is 44.0 Å². The molecule has 2 rings (SSSR count). The fourth-order valence-electron chi connectivity index (χ4n) is 3.37. The van der Waals surface area contributed by atoms with Gasteiger partial charge in [-0.15, -0.1) is 0 Å². The summed E-state index contributed by atoms with van der Waals surface area (Å²) in [6, 6.07) is 7.10. The maximum absolute atomic E-state index is 13.7. The van der Waals surface area contributed by atoms with E-state index in [1.807, 2.05) is 0 Å². The van der Waals surface area contributed by atoms with E-state index in [9.17, 15) is 14.8 Å². The van der Waals surface area contributed by atoms with Gasteiger partial charge in [0.15, 0.2) is 0 Å². The molecular weight excluding hydrogens is 265 g/mol. The van der Waals surface area contributed by atoms with Crippen molar-refractivity contribution in [2.24, 2.45) is 17.3 Å². The summed E-state index contributed by atoms with van der Waals surface area (Å²) < 4.78 is 13.7. The average molecular weight is 289 g/mol. The second kappa shape index (κ2) is 6.15. The minimum absolute atomic E-state index is 0.324. The predicted molar refractivity (Wildman–Crippen MR) is 80.9 cm³/mol. The lowest BCUT2D eigenvalue weighted by Gasteiger charge is -2.39. The fourth-order valence-corrected chi connectivity index (χ4v) is 3.37. The lowest BCUT2D eigenvalue weighted by Crippen LogP contribution is -2.33. The first kappa shape index (κ1) is 16.0. The van der Waals surface area contributed by atoms with E-state index in [1.54, 1.807) is 19.1 Å². The maximum atomic E-state index is 13.7. The van der Waals surface area contributed by atoms with Crippen molar-refractivity contribution in [3.8, 4) is 6.07 Å². The molecule has 1 unspecified atom stereocenters. The van der Waals surface area contributed by atoms with Crippen LogP contribution in [-0.2, 0) is 0 Å². The summed E-state index contributed by atoms with van der Waals surface area (Å²) >= 11 is 0. The van der Waals surface area contributed by atoms with E-state index in [0.717, 1.165) is 12.8 Å². The van der Waals surface area contributed by atoms with Crippen molar-refractivity contribution in [3.63, 3.8) is 0 Å². The third kappa shape index (κ3) is 3.11. The largest absolute Gasteiger partial charge is 0.387 e. The molecule has 1 aliphatic rings. The molecule has 1 aliphatic carbocycles. The van der Waals surface area contributed by atoms with Gasteiger partial charge in [0.2, 0.25) is 0 Å². The van der Waals surface area contributed by atoms with E-state index in [-0.39, 0.29) is 5.82 Å². The first-order valence-electron chi connectivity index (χ1n) is 7.75. The van der Waals surface area contributed by atoms with Crippen LogP contribution in [0.4, 0.5) is 4.39 Å². The number of hydrogen-bond acceptors (Lipinski definition) is 2. The van der Waals surface area contributed by atoms with Crippen LogP contribution >= 0.6 is 0 Å². The summed E-state index contributed by atoms with van der Waals surface area (Å²) in [6.07, 6.45) is 2.37. The van der Waals surface area contributed by atoms with Gasteiger partial charge in [0.05, 0.1) is 17.6 Å². The highest BCUT2D eigenvalue weighted by molar-refractivity contribution is 5.28. The van der Waals surface area contributed by atoms with Gasteiger partial charge in [0.25, 0.3) is 0 Å². The molecule has 21 heavy (non-hydrogen) atoms. The van der Waals surface area contributed by atoms with Gasteiger partial charge in [-0.25, -0.2) is 4.39 Å². The number of benzene rings is 1. The number of nitriles is 1. The highest BCUT2D eigenvalue weighted by Gasteiger charge is 2.43. The molecule has 0 aliphatic heterocycles. The summed E-state index contributed by atoms with van der Waals surface area (Å²) in [7, 11) is 0. The molecule has 0 aromatic heterocycles. The van der Waals surface area contributed by atoms with Gasteiger partial charge >= 0.3 is 0 Å². The molecule has 2 nitrogen and oxygen atoms in total. The summed E-state index contributed by atoms with van der Waals surface area (Å²) in [4.78, 5) is 0. The summed E-state index contributed by atoms with van der Waals surface area (Å²) in [5.74, 6) is 0.902. The summed E-state index contributed by atoms with van der Waals surface area (Å²) in [6.45, 7) is 6.10. The third-order valence-corrected chi connectivity index (χ3v) is 5.12. The van der Waals surface area contributed by atoms with Crippen LogP contribution in [0.2, 0.25) is 0 Å². The highest BCUT2D eigenvalue weighted by Crippen LogP contribution is 2.48. The molecule has 114 valence electrons. The lowest BCUT2D eigenvalue weighted by molar-refractivity contribution is 0.0188. The summed E-state index contributed by atoms with van der Waals surface area (Å²) in [5, 5.41) is 20.3. The van der Waals surface area contributed by atoms with Crippen molar-refractivity contribution >= 4 is 0 Å². The van der Waals surface area contributed by atoms with Gasteiger partial charge in [0, 0.05) is 0 Å². The molecule has 3 heteroatoms. The molecule has 1 fully saturated rings. The minimum atomic E-state index is -0.911. The zero-order valence-corrected chi connectivity index (χ0v) is 13.1. The van der Waals surface area contributed by atoms with Crippen LogP contribution in [0.5, 0.6) is 0 Å². The number of halogens is 1. The van der Waals surface area contributed by atoms with E-state index in [4.69, 9.17) is 0 Å². The maximum Gasteiger partial charge on any atom is 0.126 e. The van der Waals surface area contributed by atoms with Crippen LogP contribution in [0.15, 0.2) is 18.2 Å². The normalized spacial score (nSPS) is 27.4. The van der Waals surface area contributed by atoms with Crippen molar-refractivity contribution in [3.05, 3.63) is 35.1 Å². The number of aryl methyl sites for hydroxylation is 1. The van der Waals surface area contributed by atoms with Crippen molar-refractivity contribution < 1.29 is 9.50 Å². The highest BCUT2D eigenvalue weighted by atomic mass is 19.1. The van der Waals surface area contributed by atoms with Crippen molar-refractivity contribution in [2.45, 2.75) is 52.6 Å². The fraction of sp³-hybridized carbons (Fsp3) is 0.611.